The molecule has 136 valence electrons. The van der Waals surface area contributed by atoms with E-state index in [1.165, 1.54) is 0 Å². The molecule has 1 heterocycles. The van der Waals surface area contributed by atoms with Crippen LogP contribution in [-0.4, -0.2) is 24.1 Å². The summed E-state index contributed by atoms with van der Waals surface area (Å²) in [7, 11) is 0. The molecule has 6 heteroatoms. The molecule has 1 aromatic heterocycles. The number of aliphatic imine (C=N–C) groups is 1. The molecule has 0 fully saturated rings. The van der Waals surface area contributed by atoms with Gasteiger partial charge in [-0.2, -0.15) is 0 Å². The second-order valence-electron chi connectivity index (χ2n) is 5.91. The number of para-hydroxylation sites is 1. The fourth-order valence-corrected chi connectivity index (χ4v) is 3.16. The van der Waals surface area contributed by atoms with E-state index in [9.17, 15) is 0 Å². The van der Waals surface area contributed by atoms with E-state index in [0.717, 1.165) is 34.5 Å². The minimum absolute atomic E-state index is 0.460. The second kappa shape index (κ2) is 10.0. The molecule has 25 heavy (non-hydrogen) atoms. The number of aromatic nitrogens is 1. The topological polar surface area (TPSA) is 58.5 Å². The number of thiazole rings is 1. The fourth-order valence-electron chi connectivity index (χ4n) is 2.27. The molecule has 0 saturated heterocycles. The number of ether oxygens (including phenoxy) is 1. The van der Waals surface area contributed by atoms with Crippen LogP contribution in [0.15, 0.2) is 34.6 Å². The van der Waals surface area contributed by atoms with E-state index >= 15 is 0 Å². The average Bonchev–Trinajstić information content (AvgIpc) is 3.08. The van der Waals surface area contributed by atoms with Crippen molar-refractivity contribution in [3.63, 3.8) is 0 Å². The highest BCUT2D eigenvalue weighted by Crippen LogP contribution is 2.19. The first-order valence-corrected chi connectivity index (χ1v) is 9.69. The van der Waals surface area contributed by atoms with Crippen molar-refractivity contribution in [1.82, 2.24) is 15.6 Å². The Morgan fingerprint density at radius 3 is 2.72 bits per heavy atom. The summed E-state index contributed by atoms with van der Waals surface area (Å²) in [5.41, 5.74) is 2.23. The monoisotopic (exact) mass is 360 g/mol. The summed E-state index contributed by atoms with van der Waals surface area (Å²) in [5, 5.41) is 9.84. The van der Waals surface area contributed by atoms with Crippen molar-refractivity contribution in [3.8, 4) is 5.75 Å². The fraction of sp³-hybridized carbons (Fsp3) is 0.474. The zero-order chi connectivity index (χ0) is 18.1. The Kier molecular flexibility index (Phi) is 7.73. The summed E-state index contributed by atoms with van der Waals surface area (Å²) in [5.74, 6) is 2.14. The van der Waals surface area contributed by atoms with Crippen molar-refractivity contribution in [2.24, 2.45) is 4.99 Å². The average molecular weight is 361 g/mol. The lowest BCUT2D eigenvalue weighted by Gasteiger charge is -2.12. The van der Waals surface area contributed by atoms with Crippen LogP contribution in [0.2, 0.25) is 0 Å². The first-order valence-electron chi connectivity index (χ1n) is 8.81. The van der Waals surface area contributed by atoms with Crippen molar-refractivity contribution in [2.45, 2.75) is 46.7 Å². The lowest BCUT2D eigenvalue weighted by Crippen LogP contribution is -2.36. The van der Waals surface area contributed by atoms with E-state index < -0.39 is 0 Å². The highest BCUT2D eigenvalue weighted by molar-refractivity contribution is 7.09. The smallest absolute Gasteiger partial charge is 0.191 e. The molecule has 2 aromatic rings. The van der Waals surface area contributed by atoms with E-state index in [4.69, 9.17) is 4.74 Å². The molecule has 0 saturated carbocycles. The molecule has 0 unspecified atom stereocenters. The number of rotatable bonds is 8. The van der Waals surface area contributed by atoms with E-state index in [-0.39, 0.29) is 0 Å². The summed E-state index contributed by atoms with van der Waals surface area (Å²) in [6, 6.07) is 8.03. The summed E-state index contributed by atoms with van der Waals surface area (Å²) in [4.78, 5) is 9.33. The Hall–Kier alpha value is -2.08. The number of hydrogen-bond donors (Lipinski definition) is 2. The van der Waals surface area contributed by atoms with Gasteiger partial charge in [-0.25, -0.2) is 9.98 Å². The molecule has 0 aliphatic carbocycles. The summed E-state index contributed by atoms with van der Waals surface area (Å²) < 4.78 is 5.67. The van der Waals surface area contributed by atoms with Crippen molar-refractivity contribution in [3.05, 3.63) is 45.9 Å². The van der Waals surface area contributed by atoms with Gasteiger partial charge in [0, 0.05) is 17.5 Å². The van der Waals surface area contributed by atoms with E-state index in [2.05, 4.69) is 46.8 Å². The minimum atomic E-state index is 0.460. The molecule has 2 rings (SSSR count). The Morgan fingerprint density at radius 1 is 1.24 bits per heavy atom. The number of hydrogen-bond acceptors (Lipinski definition) is 4. The van der Waals surface area contributed by atoms with Crippen LogP contribution in [0.25, 0.3) is 0 Å². The molecule has 0 bridgehead atoms. The molecule has 0 spiro atoms. The molecule has 0 amide bonds. The predicted octanol–water partition coefficient (Wildman–Crippen LogP) is 3.92. The van der Waals surface area contributed by atoms with Crippen LogP contribution >= 0.6 is 11.3 Å². The third kappa shape index (κ3) is 6.05. The number of guanidine groups is 1. The molecule has 0 radical (unpaired) electrons. The van der Waals surface area contributed by atoms with Crippen molar-refractivity contribution in [1.29, 1.82) is 0 Å². The molecular weight excluding hydrogens is 332 g/mol. The molecule has 0 aliphatic heterocycles. The van der Waals surface area contributed by atoms with Gasteiger partial charge in [0.1, 0.15) is 10.8 Å². The largest absolute Gasteiger partial charge is 0.494 e. The third-order valence-corrected chi connectivity index (χ3v) is 4.46. The van der Waals surface area contributed by atoms with Crippen LogP contribution < -0.4 is 15.4 Å². The van der Waals surface area contributed by atoms with Gasteiger partial charge in [0.05, 0.1) is 25.4 Å². The lowest BCUT2D eigenvalue weighted by molar-refractivity contribution is 0.336. The number of nitrogens with zero attached hydrogens (tertiary/aromatic N) is 2. The van der Waals surface area contributed by atoms with Gasteiger partial charge in [-0.05, 0) is 25.8 Å². The van der Waals surface area contributed by atoms with Gasteiger partial charge in [0.25, 0.3) is 0 Å². The van der Waals surface area contributed by atoms with E-state index in [1.807, 2.05) is 31.2 Å². The van der Waals surface area contributed by atoms with Crippen LogP contribution in [0.3, 0.4) is 0 Å². The lowest BCUT2D eigenvalue weighted by atomic mass is 10.2. The van der Waals surface area contributed by atoms with Gasteiger partial charge < -0.3 is 15.4 Å². The normalized spacial score (nSPS) is 11.6. The molecule has 5 nitrogen and oxygen atoms in total. The van der Waals surface area contributed by atoms with Crippen LogP contribution in [0.5, 0.6) is 5.75 Å². The van der Waals surface area contributed by atoms with Gasteiger partial charge >= 0.3 is 0 Å². The number of nitrogens with one attached hydrogen (secondary N) is 2. The van der Waals surface area contributed by atoms with Crippen molar-refractivity contribution < 1.29 is 4.74 Å². The Labute approximate surface area is 154 Å². The quantitative estimate of drug-likeness (QED) is 0.553. The van der Waals surface area contributed by atoms with Crippen LogP contribution in [0.4, 0.5) is 0 Å². The Balaban J connectivity index is 2.00. The molecular formula is C19H28N4OS. The van der Waals surface area contributed by atoms with Crippen LogP contribution in [0, 0.1) is 0 Å². The molecule has 1 aromatic carbocycles. The number of benzene rings is 1. The highest BCUT2D eigenvalue weighted by atomic mass is 32.1. The maximum absolute atomic E-state index is 5.67. The molecule has 0 atom stereocenters. The molecule has 2 N–H and O–H groups in total. The zero-order valence-corrected chi connectivity index (χ0v) is 16.3. The van der Waals surface area contributed by atoms with Gasteiger partial charge in [-0.3, -0.25) is 0 Å². The zero-order valence-electron chi connectivity index (χ0n) is 15.5. The SMILES string of the molecule is CCNC(=NCc1ccccc1OCC)NCc1nc(C(C)C)cs1. The first kappa shape index (κ1) is 19.2. The second-order valence-corrected chi connectivity index (χ2v) is 6.85. The standard InChI is InChI=1S/C19H28N4OS/c1-5-20-19(22-12-18-23-16(13-25-18)14(3)4)21-11-15-9-7-8-10-17(15)24-6-2/h7-10,13-14H,5-6,11-12H2,1-4H3,(H2,20,21,22). The predicted molar refractivity (Wildman–Crippen MR) is 105 cm³/mol. The summed E-state index contributed by atoms with van der Waals surface area (Å²) >= 11 is 1.69. The Bertz CT molecular complexity index is 682. The first-order chi connectivity index (χ1) is 12.1. The third-order valence-electron chi connectivity index (χ3n) is 3.59. The van der Waals surface area contributed by atoms with Crippen molar-refractivity contribution >= 4 is 17.3 Å². The Morgan fingerprint density at radius 2 is 2.04 bits per heavy atom. The van der Waals surface area contributed by atoms with Crippen molar-refractivity contribution in [2.75, 3.05) is 13.2 Å². The van der Waals surface area contributed by atoms with Crippen LogP contribution in [-0.2, 0) is 13.1 Å². The highest BCUT2D eigenvalue weighted by Gasteiger charge is 2.07. The van der Waals surface area contributed by atoms with Gasteiger partial charge in [0.15, 0.2) is 5.96 Å². The summed E-state index contributed by atoms with van der Waals surface area (Å²) in [6.07, 6.45) is 0. The van der Waals surface area contributed by atoms with Gasteiger partial charge in [-0.15, -0.1) is 11.3 Å². The minimum Gasteiger partial charge on any atom is -0.494 e. The maximum atomic E-state index is 5.67. The van der Waals surface area contributed by atoms with E-state index in [0.29, 0.717) is 25.6 Å². The van der Waals surface area contributed by atoms with Gasteiger partial charge in [-0.1, -0.05) is 32.0 Å². The van der Waals surface area contributed by atoms with E-state index in [1.54, 1.807) is 11.3 Å². The molecule has 0 aliphatic rings. The summed E-state index contributed by atoms with van der Waals surface area (Å²) in [6.45, 7) is 11.1. The maximum Gasteiger partial charge on any atom is 0.191 e. The van der Waals surface area contributed by atoms with Gasteiger partial charge in [0.2, 0.25) is 0 Å². The van der Waals surface area contributed by atoms with Crippen LogP contribution in [0.1, 0.15) is 49.9 Å².